The van der Waals surface area contributed by atoms with Gasteiger partial charge < -0.3 is 20.6 Å². The molecule has 0 aromatic carbocycles. The Morgan fingerprint density at radius 2 is 1.81 bits per heavy atom. The van der Waals surface area contributed by atoms with Crippen molar-refractivity contribution in [2.24, 2.45) is 0 Å². The van der Waals surface area contributed by atoms with Crippen LogP contribution in [0.15, 0.2) is 12.2 Å². The van der Waals surface area contributed by atoms with Gasteiger partial charge in [0, 0.05) is 5.57 Å². The summed E-state index contributed by atoms with van der Waals surface area (Å²) in [6.45, 7) is 4.09. The van der Waals surface area contributed by atoms with Crippen LogP contribution in [0, 0.1) is 0 Å². The van der Waals surface area contributed by atoms with Crippen molar-refractivity contribution >= 4 is 11.9 Å². The van der Waals surface area contributed by atoms with Gasteiger partial charge in [0.25, 0.3) is 0 Å². The number of rotatable bonds is 7. The number of nitrogens with one attached hydrogen (secondary N) is 1. The molecular formula is C10H17NO5. The summed E-state index contributed by atoms with van der Waals surface area (Å²) in [5.41, 5.74) is -1.34. The predicted octanol–water partition coefficient (Wildman–Crippen LogP) is -0.733. The molecule has 0 unspecified atom stereocenters. The van der Waals surface area contributed by atoms with Crippen LogP contribution < -0.4 is 5.32 Å². The molecule has 0 bridgehead atoms. The van der Waals surface area contributed by atoms with Crippen LogP contribution in [-0.2, 0) is 9.59 Å². The lowest BCUT2D eigenvalue weighted by molar-refractivity contribution is -0.134. The van der Waals surface area contributed by atoms with Crippen LogP contribution in [0.5, 0.6) is 0 Å². The van der Waals surface area contributed by atoms with Gasteiger partial charge in [-0.1, -0.05) is 13.5 Å². The van der Waals surface area contributed by atoms with Crippen LogP contribution in [0.2, 0.25) is 0 Å². The van der Waals surface area contributed by atoms with Gasteiger partial charge >= 0.3 is 5.97 Å². The maximum absolute atomic E-state index is 11.4. The Hall–Kier alpha value is -1.40. The first-order chi connectivity index (χ1) is 7.40. The summed E-state index contributed by atoms with van der Waals surface area (Å²) in [6, 6.07) is 0. The van der Waals surface area contributed by atoms with Crippen LogP contribution in [0.25, 0.3) is 0 Å². The molecule has 0 heterocycles. The number of carboxylic acids is 1. The summed E-state index contributed by atoms with van der Waals surface area (Å²) in [7, 11) is 0. The molecule has 0 aromatic heterocycles. The second kappa shape index (κ2) is 6.24. The highest BCUT2D eigenvalue weighted by molar-refractivity contribution is 5.93. The molecule has 0 saturated heterocycles. The monoisotopic (exact) mass is 231 g/mol. The fraction of sp³-hybridized carbons (Fsp3) is 0.600. The number of amides is 1. The van der Waals surface area contributed by atoms with Gasteiger partial charge in [0.2, 0.25) is 5.91 Å². The lowest BCUT2D eigenvalue weighted by Gasteiger charge is -2.29. The molecule has 92 valence electrons. The summed E-state index contributed by atoms with van der Waals surface area (Å²) < 4.78 is 0. The summed E-state index contributed by atoms with van der Waals surface area (Å²) in [4.78, 5) is 21.8. The van der Waals surface area contributed by atoms with Crippen molar-refractivity contribution < 1.29 is 24.9 Å². The van der Waals surface area contributed by atoms with Crippen LogP contribution in [0.3, 0.4) is 0 Å². The zero-order valence-electron chi connectivity index (χ0n) is 9.19. The zero-order valence-corrected chi connectivity index (χ0v) is 9.19. The molecule has 16 heavy (non-hydrogen) atoms. The molecule has 6 heteroatoms. The van der Waals surface area contributed by atoms with E-state index in [9.17, 15) is 9.59 Å². The summed E-state index contributed by atoms with van der Waals surface area (Å²) in [6.07, 6.45) is -0.0254. The van der Waals surface area contributed by atoms with Gasteiger partial charge in [-0.2, -0.15) is 0 Å². The standard InChI is InChI=1S/C10H17NO5/c1-3-10(5-12,6-13)11-8(14)4-7(2)9(15)16/h12-13H,2-6H2,1H3,(H,11,14)(H,15,16). The van der Waals surface area contributed by atoms with Crippen LogP contribution in [0.1, 0.15) is 19.8 Å². The molecular weight excluding hydrogens is 214 g/mol. The summed E-state index contributed by atoms with van der Waals surface area (Å²) in [5.74, 6) is -1.83. The first kappa shape index (κ1) is 14.6. The van der Waals surface area contributed by atoms with Gasteiger partial charge in [0.15, 0.2) is 0 Å². The third kappa shape index (κ3) is 4.00. The number of hydrogen-bond acceptors (Lipinski definition) is 4. The van der Waals surface area contributed by atoms with E-state index in [1.165, 1.54) is 0 Å². The zero-order chi connectivity index (χ0) is 12.8. The Kier molecular flexibility index (Phi) is 5.69. The number of aliphatic hydroxyl groups excluding tert-OH is 2. The van der Waals surface area contributed by atoms with E-state index in [-0.39, 0.29) is 12.0 Å². The van der Waals surface area contributed by atoms with Crippen LogP contribution in [0.4, 0.5) is 0 Å². The number of carbonyl (C=O) groups is 2. The molecule has 1 amide bonds. The van der Waals surface area contributed by atoms with Crippen molar-refractivity contribution in [3.8, 4) is 0 Å². The SMILES string of the molecule is C=C(CC(=O)NC(CC)(CO)CO)C(=O)O. The fourth-order valence-corrected chi connectivity index (χ4v) is 1.05. The van der Waals surface area contributed by atoms with Gasteiger partial charge in [-0.3, -0.25) is 4.79 Å². The maximum Gasteiger partial charge on any atom is 0.331 e. The van der Waals surface area contributed by atoms with Gasteiger partial charge in [0.1, 0.15) is 0 Å². The molecule has 6 nitrogen and oxygen atoms in total. The fourth-order valence-electron chi connectivity index (χ4n) is 1.05. The Morgan fingerprint density at radius 1 is 1.31 bits per heavy atom. The van der Waals surface area contributed by atoms with E-state index >= 15 is 0 Å². The Balaban J connectivity index is 4.42. The first-order valence-corrected chi connectivity index (χ1v) is 4.84. The Labute approximate surface area is 93.6 Å². The molecule has 0 aliphatic rings. The third-order valence-electron chi connectivity index (χ3n) is 2.36. The molecule has 0 aromatic rings. The van der Waals surface area contributed by atoms with Gasteiger partial charge in [-0.25, -0.2) is 4.79 Å². The van der Waals surface area contributed by atoms with E-state index in [1.54, 1.807) is 6.92 Å². The van der Waals surface area contributed by atoms with Crippen molar-refractivity contribution in [3.63, 3.8) is 0 Å². The van der Waals surface area contributed by atoms with Crippen molar-refractivity contribution in [2.75, 3.05) is 13.2 Å². The number of aliphatic hydroxyl groups is 2. The largest absolute Gasteiger partial charge is 0.478 e. The number of hydrogen-bond donors (Lipinski definition) is 4. The highest BCUT2D eigenvalue weighted by atomic mass is 16.4. The van der Waals surface area contributed by atoms with Crippen molar-refractivity contribution in [1.29, 1.82) is 0 Å². The average Bonchev–Trinajstić information content (AvgIpc) is 2.26. The maximum atomic E-state index is 11.4. The molecule has 0 aliphatic carbocycles. The lowest BCUT2D eigenvalue weighted by Crippen LogP contribution is -2.53. The molecule has 0 aliphatic heterocycles. The van der Waals surface area contributed by atoms with E-state index in [0.29, 0.717) is 6.42 Å². The molecule has 0 radical (unpaired) electrons. The van der Waals surface area contributed by atoms with E-state index in [4.69, 9.17) is 15.3 Å². The minimum atomic E-state index is -1.25. The molecule has 4 N–H and O–H groups in total. The quantitative estimate of drug-likeness (QED) is 0.432. The topological polar surface area (TPSA) is 107 Å². The predicted molar refractivity (Wildman–Crippen MR) is 56.7 cm³/mol. The minimum absolute atomic E-state index is 0.238. The summed E-state index contributed by atoms with van der Waals surface area (Å²) >= 11 is 0. The van der Waals surface area contributed by atoms with Crippen LogP contribution in [-0.4, -0.2) is 45.9 Å². The number of carbonyl (C=O) groups excluding carboxylic acids is 1. The molecule has 0 saturated carbocycles. The minimum Gasteiger partial charge on any atom is -0.478 e. The van der Waals surface area contributed by atoms with E-state index in [2.05, 4.69) is 11.9 Å². The smallest absolute Gasteiger partial charge is 0.331 e. The average molecular weight is 231 g/mol. The highest BCUT2D eigenvalue weighted by Gasteiger charge is 2.28. The highest BCUT2D eigenvalue weighted by Crippen LogP contribution is 2.09. The third-order valence-corrected chi connectivity index (χ3v) is 2.36. The molecule has 0 spiro atoms. The van der Waals surface area contributed by atoms with Gasteiger partial charge in [0.05, 0.1) is 25.2 Å². The lowest BCUT2D eigenvalue weighted by atomic mass is 9.98. The number of aliphatic carboxylic acids is 1. The van der Waals surface area contributed by atoms with E-state index in [1.807, 2.05) is 0 Å². The van der Waals surface area contributed by atoms with Gasteiger partial charge in [-0.15, -0.1) is 0 Å². The van der Waals surface area contributed by atoms with Gasteiger partial charge in [-0.05, 0) is 6.42 Å². The molecule has 0 rings (SSSR count). The second-order valence-corrected chi connectivity index (χ2v) is 3.58. The van der Waals surface area contributed by atoms with Crippen molar-refractivity contribution in [2.45, 2.75) is 25.3 Å². The molecule has 0 fully saturated rings. The first-order valence-electron chi connectivity index (χ1n) is 4.84. The van der Waals surface area contributed by atoms with E-state index < -0.39 is 30.6 Å². The molecule has 0 atom stereocenters. The number of carboxylic acid groups (broad SMARTS) is 1. The Morgan fingerprint density at radius 3 is 2.12 bits per heavy atom. The van der Waals surface area contributed by atoms with Crippen molar-refractivity contribution in [1.82, 2.24) is 5.32 Å². The summed E-state index contributed by atoms with van der Waals surface area (Å²) in [5, 5.41) is 29.0. The van der Waals surface area contributed by atoms with Crippen LogP contribution >= 0.6 is 0 Å². The normalized spacial score (nSPS) is 10.9. The van der Waals surface area contributed by atoms with Crippen molar-refractivity contribution in [3.05, 3.63) is 12.2 Å². The Bertz CT molecular complexity index is 275. The van der Waals surface area contributed by atoms with E-state index in [0.717, 1.165) is 0 Å². The second-order valence-electron chi connectivity index (χ2n) is 3.58.